The van der Waals surface area contributed by atoms with Crippen molar-refractivity contribution >= 4 is 11.6 Å². The fourth-order valence-corrected chi connectivity index (χ4v) is 1.21. The minimum atomic E-state index is -1.69. The van der Waals surface area contributed by atoms with Crippen LogP contribution in [-0.4, -0.2) is 24.9 Å². The number of benzene rings is 1. The van der Waals surface area contributed by atoms with E-state index in [1.54, 1.807) is 20.2 Å². The first-order chi connectivity index (χ1) is 8.86. The number of hydrogen-bond donors (Lipinski definition) is 1. The summed E-state index contributed by atoms with van der Waals surface area (Å²) < 4.78 is 39.0. The van der Waals surface area contributed by atoms with E-state index in [4.69, 9.17) is 5.26 Å². The Morgan fingerprint density at radius 3 is 2.47 bits per heavy atom. The Bertz CT molecular complexity index is 576. The zero-order valence-corrected chi connectivity index (χ0v) is 10.2. The minimum Gasteiger partial charge on any atom is -0.382 e. The molecule has 0 saturated heterocycles. The van der Waals surface area contributed by atoms with Crippen LogP contribution in [0.1, 0.15) is 0 Å². The molecule has 1 aromatic rings. The third kappa shape index (κ3) is 3.48. The molecular weight excluding hydrogens is 259 g/mol. The molecule has 0 spiro atoms. The Hall–Kier alpha value is -2.49. The van der Waals surface area contributed by atoms with Crippen LogP contribution in [0.3, 0.4) is 0 Å². The second kappa shape index (κ2) is 5.91. The maximum atomic E-state index is 13.3. The van der Waals surface area contributed by atoms with Gasteiger partial charge in [0.1, 0.15) is 11.6 Å². The number of carbonyl (C=O) groups is 1. The summed E-state index contributed by atoms with van der Waals surface area (Å²) in [6.45, 7) is 0. The van der Waals surface area contributed by atoms with E-state index in [1.807, 2.05) is 5.32 Å². The van der Waals surface area contributed by atoms with Gasteiger partial charge in [0.2, 0.25) is 0 Å². The van der Waals surface area contributed by atoms with Crippen molar-refractivity contribution in [2.75, 3.05) is 19.4 Å². The van der Waals surface area contributed by atoms with E-state index in [-0.39, 0.29) is 5.57 Å². The second-order valence-corrected chi connectivity index (χ2v) is 3.80. The number of amides is 1. The van der Waals surface area contributed by atoms with E-state index in [9.17, 15) is 18.0 Å². The van der Waals surface area contributed by atoms with Crippen molar-refractivity contribution in [1.82, 2.24) is 4.90 Å². The van der Waals surface area contributed by atoms with Gasteiger partial charge in [-0.3, -0.25) is 4.79 Å². The maximum Gasteiger partial charge on any atom is 0.267 e. The average Bonchev–Trinajstić information content (AvgIpc) is 2.36. The molecule has 1 rings (SSSR count). The molecule has 1 N–H and O–H groups in total. The maximum absolute atomic E-state index is 13.3. The molecule has 4 nitrogen and oxygen atoms in total. The zero-order chi connectivity index (χ0) is 14.6. The molecule has 0 unspecified atom stereocenters. The van der Waals surface area contributed by atoms with Crippen LogP contribution in [0.2, 0.25) is 0 Å². The van der Waals surface area contributed by atoms with Crippen molar-refractivity contribution in [3.05, 3.63) is 41.4 Å². The van der Waals surface area contributed by atoms with Gasteiger partial charge in [-0.15, -0.1) is 0 Å². The summed E-state index contributed by atoms with van der Waals surface area (Å²) in [5.74, 6) is -5.48. The normalized spacial score (nSPS) is 10.8. The highest BCUT2D eigenvalue weighted by molar-refractivity contribution is 6.06. The third-order valence-electron chi connectivity index (χ3n) is 2.04. The van der Waals surface area contributed by atoms with E-state index in [0.717, 1.165) is 6.07 Å². The van der Waals surface area contributed by atoms with Gasteiger partial charge in [-0.1, -0.05) is 0 Å². The summed E-state index contributed by atoms with van der Waals surface area (Å²) in [7, 11) is 3.17. The number of rotatable bonds is 3. The lowest BCUT2D eigenvalue weighted by Crippen LogP contribution is -2.17. The predicted molar refractivity (Wildman–Crippen MR) is 62.3 cm³/mol. The molecule has 19 heavy (non-hydrogen) atoms. The fourth-order valence-electron chi connectivity index (χ4n) is 1.21. The van der Waals surface area contributed by atoms with E-state index < -0.39 is 29.0 Å². The van der Waals surface area contributed by atoms with Crippen molar-refractivity contribution < 1.29 is 18.0 Å². The lowest BCUT2D eigenvalue weighted by molar-refractivity contribution is -0.112. The Morgan fingerprint density at radius 2 is 1.95 bits per heavy atom. The molecule has 0 aliphatic heterocycles. The van der Waals surface area contributed by atoms with E-state index >= 15 is 0 Å². The predicted octanol–water partition coefficient (Wildman–Crippen LogP) is 2.01. The quantitative estimate of drug-likeness (QED) is 0.519. The molecule has 0 aromatic heterocycles. The number of nitrogens with one attached hydrogen (secondary N) is 1. The molecule has 0 radical (unpaired) electrons. The summed E-state index contributed by atoms with van der Waals surface area (Å²) in [5.41, 5.74) is -0.835. The molecule has 7 heteroatoms. The van der Waals surface area contributed by atoms with Gasteiger partial charge in [-0.25, -0.2) is 13.2 Å². The molecule has 100 valence electrons. The number of nitrogens with zero attached hydrogens (tertiary/aromatic N) is 2. The topological polar surface area (TPSA) is 56.1 Å². The smallest absolute Gasteiger partial charge is 0.267 e. The van der Waals surface area contributed by atoms with E-state index in [0.29, 0.717) is 6.07 Å². The number of carbonyl (C=O) groups excluding carboxylic acids is 1. The number of anilines is 1. The second-order valence-electron chi connectivity index (χ2n) is 3.80. The molecule has 0 atom stereocenters. The van der Waals surface area contributed by atoms with Crippen LogP contribution in [0.15, 0.2) is 23.9 Å². The molecule has 0 heterocycles. The van der Waals surface area contributed by atoms with Crippen molar-refractivity contribution in [3.8, 4) is 6.07 Å². The molecule has 0 bridgehead atoms. The highest BCUT2D eigenvalue weighted by atomic mass is 19.2. The van der Waals surface area contributed by atoms with Crippen molar-refractivity contribution in [2.24, 2.45) is 0 Å². The first-order valence-corrected chi connectivity index (χ1v) is 5.10. The van der Waals surface area contributed by atoms with Gasteiger partial charge in [0, 0.05) is 20.3 Å². The molecular formula is C12H10F3N3O. The van der Waals surface area contributed by atoms with Crippen LogP contribution in [0.5, 0.6) is 0 Å². The highest BCUT2D eigenvalue weighted by Gasteiger charge is 2.17. The minimum absolute atomic E-state index is 0.297. The van der Waals surface area contributed by atoms with Gasteiger partial charge in [0.25, 0.3) is 5.91 Å². The van der Waals surface area contributed by atoms with Crippen LogP contribution >= 0.6 is 0 Å². The van der Waals surface area contributed by atoms with Crippen LogP contribution in [-0.2, 0) is 4.79 Å². The third-order valence-corrected chi connectivity index (χ3v) is 2.04. The SMILES string of the molecule is CN(C)C=C(C#N)C(=O)Nc1ccc(F)c(F)c1F. The number of hydrogen-bond acceptors (Lipinski definition) is 3. The van der Waals surface area contributed by atoms with E-state index in [2.05, 4.69) is 0 Å². The van der Waals surface area contributed by atoms with Crippen molar-refractivity contribution in [2.45, 2.75) is 0 Å². The Balaban J connectivity index is 3.01. The van der Waals surface area contributed by atoms with Gasteiger partial charge >= 0.3 is 0 Å². The molecule has 0 fully saturated rings. The van der Waals surface area contributed by atoms with Gasteiger partial charge in [-0.05, 0) is 12.1 Å². The van der Waals surface area contributed by atoms with Crippen molar-refractivity contribution in [1.29, 1.82) is 5.26 Å². The summed E-state index contributed by atoms with van der Waals surface area (Å²) in [6.07, 6.45) is 1.22. The van der Waals surface area contributed by atoms with Gasteiger partial charge in [-0.2, -0.15) is 5.26 Å². The largest absolute Gasteiger partial charge is 0.382 e. The fraction of sp³-hybridized carbons (Fsp3) is 0.167. The van der Waals surface area contributed by atoms with Crippen LogP contribution in [0, 0.1) is 28.8 Å². The first-order valence-electron chi connectivity index (χ1n) is 5.10. The standard InChI is InChI=1S/C12H10F3N3O/c1-18(2)6-7(5-16)12(19)17-9-4-3-8(13)10(14)11(9)15/h3-4,6H,1-2H3,(H,17,19). The van der Waals surface area contributed by atoms with Crippen LogP contribution < -0.4 is 5.32 Å². The summed E-state index contributed by atoms with van der Waals surface area (Å²) in [4.78, 5) is 13.1. The summed E-state index contributed by atoms with van der Waals surface area (Å²) in [5, 5.41) is 10.8. The van der Waals surface area contributed by atoms with Crippen LogP contribution in [0.4, 0.5) is 18.9 Å². The summed E-state index contributed by atoms with van der Waals surface area (Å²) in [6, 6.07) is 3.16. The molecule has 0 saturated carbocycles. The number of nitriles is 1. The summed E-state index contributed by atoms with van der Waals surface area (Å²) >= 11 is 0. The Morgan fingerprint density at radius 1 is 1.32 bits per heavy atom. The zero-order valence-electron chi connectivity index (χ0n) is 10.2. The lowest BCUT2D eigenvalue weighted by Gasteiger charge is -2.08. The Labute approximate surface area is 107 Å². The van der Waals surface area contributed by atoms with Gasteiger partial charge in [0.05, 0.1) is 5.69 Å². The average molecular weight is 269 g/mol. The van der Waals surface area contributed by atoms with E-state index in [1.165, 1.54) is 11.1 Å². The highest BCUT2D eigenvalue weighted by Crippen LogP contribution is 2.20. The van der Waals surface area contributed by atoms with Crippen molar-refractivity contribution in [3.63, 3.8) is 0 Å². The number of halogens is 3. The van der Waals surface area contributed by atoms with Gasteiger partial charge in [0.15, 0.2) is 17.5 Å². The monoisotopic (exact) mass is 269 g/mol. The molecule has 1 amide bonds. The van der Waals surface area contributed by atoms with Crippen LogP contribution in [0.25, 0.3) is 0 Å². The molecule has 0 aliphatic carbocycles. The molecule has 1 aromatic carbocycles. The first kappa shape index (κ1) is 14.6. The lowest BCUT2D eigenvalue weighted by atomic mass is 10.2. The molecule has 0 aliphatic rings. The van der Waals surface area contributed by atoms with Gasteiger partial charge < -0.3 is 10.2 Å². The Kier molecular flexibility index (Phi) is 4.53.